The van der Waals surface area contributed by atoms with Crippen molar-refractivity contribution in [3.05, 3.63) is 39.7 Å². The highest BCUT2D eigenvalue weighted by molar-refractivity contribution is 5.75. The van der Waals surface area contributed by atoms with Crippen LogP contribution >= 0.6 is 0 Å². The molecule has 21 heavy (non-hydrogen) atoms. The van der Waals surface area contributed by atoms with Crippen molar-refractivity contribution < 1.29 is 19.2 Å². The van der Waals surface area contributed by atoms with Gasteiger partial charge in [-0.3, -0.25) is 19.8 Å². The molecule has 0 spiro atoms. The Balaban J connectivity index is 2.09. The Kier molecular flexibility index (Phi) is 4.22. The Bertz CT molecular complexity index is 578. The van der Waals surface area contributed by atoms with Gasteiger partial charge in [0, 0.05) is 19.2 Å². The minimum absolute atomic E-state index is 0.393. The molecule has 1 N–H and O–H groups in total. The average molecular weight is 296 g/mol. The van der Waals surface area contributed by atoms with E-state index in [-0.39, 0.29) is 0 Å². The Morgan fingerprint density at radius 3 is 2.76 bits per heavy atom. The summed E-state index contributed by atoms with van der Waals surface area (Å²) in [6.45, 7) is 3.28. The van der Waals surface area contributed by atoms with Gasteiger partial charge in [0.25, 0.3) is 0 Å². The van der Waals surface area contributed by atoms with Crippen molar-refractivity contribution in [1.82, 2.24) is 4.90 Å². The summed E-state index contributed by atoms with van der Waals surface area (Å²) in [7, 11) is 0. The average Bonchev–Trinajstić information content (AvgIpc) is 2.83. The molecule has 1 heterocycles. The molecular weight excluding hydrogens is 279 g/mol. The number of aliphatic carboxylic acids is 1. The van der Waals surface area contributed by atoms with Gasteiger partial charge in [-0.1, -0.05) is 13.0 Å². The van der Waals surface area contributed by atoms with E-state index in [1.807, 2.05) is 11.8 Å². The number of carboxylic acids is 1. The minimum Gasteiger partial charge on any atom is -0.481 e. The molecule has 1 aliphatic heterocycles. The maximum absolute atomic E-state index is 13.6. The van der Waals surface area contributed by atoms with E-state index in [2.05, 4.69) is 0 Å². The molecule has 1 unspecified atom stereocenters. The summed E-state index contributed by atoms with van der Waals surface area (Å²) in [6.07, 6.45) is 1.11. The summed E-state index contributed by atoms with van der Waals surface area (Å²) in [4.78, 5) is 23.1. The number of carbonyl (C=O) groups is 1. The Labute approximate surface area is 121 Å². The molecule has 0 saturated carbocycles. The van der Waals surface area contributed by atoms with Crippen LogP contribution in [0.3, 0.4) is 0 Å². The molecule has 0 aromatic heterocycles. The molecule has 0 bridgehead atoms. The zero-order chi connectivity index (χ0) is 15.6. The fraction of sp³-hybridized carbons (Fsp3) is 0.500. The first-order valence-corrected chi connectivity index (χ1v) is 6.76. The summed E-state index contributed by atoms with van der Waals surface area (Å²) in [5.41, 5.74) is -0.678. The lowest BCUT2D eigenvalue weighted by Crippen LogP contribution is -2.33. The lowest BCUT2D eigenvalue weighted by atomic mass is 9.84. The second kappa shape index (κ2) is 5.77. The van der Waals surface area contributed by atoms with Crippen LogP contribution in [0, 0.1) is 21.3 Å². The predicted molar refractivity (Wildman–Crippen MR) is 73.3 cm³/mol. The third-order valence-corrected chi connectivity index (χ3v) is 4.18. The highest BCUT2D eigenvalue weighted by Gasteiger charge is 2.43. The summed E-state index contributed by atoms with van der Waals surface area (Å²) < 4.78 is 13.6. The Morgan fingerprint density at radius 1 is 1.57 bits per heavy atom. The van der Waals surface area contributed by atoms with Crippen LogP contribution in [-0.4, -0.2) is 34.0 Å². The van der Waals surface area contributed by atoms with Crippen LogP contribution in [0.2, 0.25) is 0 Å². The lowest BCUT2D eigenvalue weighted by Gasteiger charge is -2.23. The standard InChI is InChI=1S/C14H17FN2O4/c1-2-14(13(18)19)5-6-16(9-14)8-10-3-4-12(17(20)21)11(15)7-10/h3-4,7H,2,5-6,8-9H2,1H3,(H,18,19). The number of benzene rings is 1. The normalized spacial score (nSPS) is 22.4. The number of nitro groups is 1. The fourth-order valence-corrected chi connectivity index (χ4v) is 2.76. The van der Waals surface area contributed by atoms with Crippen molar-refractivity contribution in [3.63, 3.8) is 0 Å². The SMILES string of the molecule is CCC1(C(=O)O)CCN(Cc2ccc([N+](=O)[O-])c(F)c2)C1. The van der Waals surface area contributed by atoms with E-state index < -0.39 is 27.8 Å². The zero-order valence-electron chi connectivity index (χ0n) is 11.7. The lowest BCUT2D eigenvalue weighted by molar-refractivity contribution is -0.387. The van der Waals surface area contributed by atoms with E-state index in [0.29, 0.717) is 38.0 Å². The maximum Gasteiger partial charge on any atom is 0.310 e. The number of likely N-dealkylation sites (tertiary alicyclic amines) is 1. The third-order valence-electron chi connectivity index (χ3n) is 4.18. The summed E-state index contributed by atoms with van der Waals surface area (Å²) in [5, 5.41) is 19.9. The van der Waals surface area contributed by atoms with E-state index in [1.165, 1.54) is 6.07 Å². The van der Waals surface area contributed by atoms with E-state index in [9.17, 15) is 24.4 Å². The second-order valence-corrected chi connectivity index (χ2v) is 5.44. The first kappa shape index (κ1) is 15.4. The maximum atomic E-state index is 13.6. The van der Waals surface area contributed by atoms with Crippen molar-refractivity contribution in [3.8, 4) is 0 Å². The van der Waals surface area contributed by atoms with Crippen LogP contribution in [0.4, 0.5) is 10.1 Å². The Morgan fingerprint density at radius 2 is 2.29 bits per heavy atom. The van der Waals surface area contributed by atoms with Crippen molar-refractivity contribution in [2.24, 2.45) is 5.41 Å². The molecule has 114 valence electrons. The number of nitro benzene ring substituents is 1. The summed E-state index contributed by atoms with van der Waals surface area (Å²) in [5.74, 6) is -1.67. The van der Waals surface area contributed by atoms with E-state index in [1.54, 1.807) is 0 Å². The topological polar surface area (TPSA) is 83.7 Å². The van der Waals surface area contributed by atoms with Crippen LogP contribution < -0.4 is 0 Å². The van der Waals surface area contributed by atoms with Gasteiger partial charge >= 0.3 is 11.7 Å². The highest BCUT2D eigenvalue weighted by Crippen LogP contribution is 2.35. The van der Waals surface area contributed by atoms with Crippen molar-refractivity contribution in [2.45, 2.75) is 26.3 Å². The van der Waals surface area contributed by atoms with E-state index in [0.717, 1.165) is 12.1 Å². The fourth-order valence-electron chi connectivity index (χ4n) is 2.76. The largest absolute Gasteiger partial charge is 0.481 e. The van der Waals surface area contributed by atoms with Gasteiger partial charge in [0.2, 0.25) is 5.82 Å². The predicted octanol–water partition coefficient (Wildman–Crippen LogP) is 2.42. The molecule has 6 nitrogen and oxygen atoms in total. The smallest absolute Gasteiger partial charge is 0.310 e. The molecule has 2 rings (SSSR count). The number of rotatable bonds is 5. The first-order chi connectivity index (χ1) is 9.88. The second-order valence-electron chi connectivity index (χ2n) is 5.44. The van der Waals surface area contributed by atoms with E-state index >= 15 is 0 Å². The van der Waals surface area contributed by atoms with Gasteiger partial charge in [0.1, 0.15) is 0 Å². The number of halogens is 1. The zero-order valence-corrected chi connectivity index (χ0v) is 11.7. The number of carboxylic acid groups (broad SMARTS) is 1. The number of nitrogens with zero attached hydrogens (tertiary/aromatic N) is 2. The molecule has 1 aromatic carbocycles. The van der Waals surface area contributed by atoms with Crippen LogP contribution in [0.1, 0.15) is 25.3 Å². The molecule has 7 heteroatoms. The van der Waals surface area contributed by atoms with Gasteiger partial charge in [-0.2, -0.15) is 4.39 Å². The quantitative estimate of drug-likeness (QED) is 0.666. The molecule has 0 radical (unpaired) electrons. The highest BCUT2D eigenvalue weighted by atomic mass is 19.1. The van der Waals surface area contributed by atoms with Crippen LogP contribution in [0.25, 0.3) is 0 Å². The number of hydrogen-bond donors (Lipinski definition) is 1. The Hall–Kier alpha value is -2.02. The summed E-state index contributed by atoms with van der Waals surface area (Å²) >= 11 is 0. The monoisotopic (exact) mass is 296 g/mol. The minimum atomic E-state index is -0.864. The van der Waals surface area contributed by atoms with Crippen molar-refractivity contribution >= 4 is 11.7 Å². The molecule has 1 atom stereocenters. The first-order valence-electron chi connectivity index (χ1n) is 6.76. The van der Waals surface area contributed by atoms with Gasteiger partial charge in [-0.25, -0.2) is 0 Å². The van der Waals surface area contributed by atoms with Gasteiger partial charge in [0.05, 0.1) is 10.3 Å². The van der Waals surface area contributed by atoms with Gasteiger partial charge < -0.3 is 5.11 Å². The molecule has 1 aromatic rings. The van der Waals surface area contributed by atoms with Crippen LogP contribution in [0.15, 0.2) is 18.2 Å². The van der Waals surface area contributed by atoms with Gasteiger partial charge in [-0.05, 0) is 31.0 Å². The van der Waals surface area contributed by atoms with Crippen molar-refractivity contribution in [2.75, 3.05) is 13.1 Å². The van der Waals surface area contributed by atoms with E-state index in [4.69, 9.17) is 0 Å². The van der Waals surface area contributed by atoms with Gasteiger partial charge in [0.15, 0.2) is 0 Å². The molecule has 1 saturated heterocycles. The molecule has 1 aliphatic rings. The third kappa shape index (κ3) is 3.02. The van der Waals surface area contributed by atoms with Crippen molar-refractivity contribution in [1.29, 1.82) is 0 Å². The van der Waals surface area contributed by atoms with Gasteiger partial charge in [-0.15, -0.1) is 0 Å². The van der Waals surface area contributed by atoms with Crippen LogP contribution in [-0.2, 0) is 11.3 Å². The summed E-state index contributed by atoms with van der Waals surface area (Å²) in [6, 6.07) is 3.80. The molecular formula is C14H17FN2O4. The van der Waals surface area contributed by atoms with Crippen LogP contribution in [0.5, 0.6) is 0 Å². The molecule has 0 aliphatic carbocycles. The molecule has 1 fully saturated rings. The number of hydrogen-bond acceptors (Lipinski definition) is 4. The molecule has 0 amide bonds.